The number of hydrogen-bond donors (Lipinski definition) is 1. The first-order valence-electron chi connectivity index (χ1n) is 12.4. The van der Waals surface area contributed by atoms with Crippen LogP contribution in [-0.2, 0) is 17.4 Å². The third-order valence-corrected chi connectivity index (χ3v) is 7.97. The van der Waals surface area contributed by atoms with Crippen molar-refractivity contribution in [2.75, 3.05) is 11.4 Å². The van der Waals surface area contributed by atoms with Crippen molar-refractivity contribution in [1.29, 1.82) is 0 Å². The molecular weight excluding hydrogens is 507 g/mol. The van der Waals surface area contributed by atoms with Gasteiger partial charge in [0.1, 0.15) is 5.15 Å². The van der Waals surface area contributed by atoms with Gasteiger partial charge < -0.3 is 14.6 Å². The average Bonchev–Trinajstić information content (AvgIpc) is 3.62. The van der Waals surface area contributed by atoms with E-state index in [2.05, 4.69) is 9.97 Å². The number of nitrogens with zero attached hydrogens (tertiary/aromatic N) is 4. The minimum absolute atomic E-state index is 0.112. The molecule has 8 heteroatoms. The topological polar surface area (TPSA) is 71.2 Å². The fourth-order valence-electron chi connectivity index (χ4n) is 5.37. The highest BCUT2D eigenvalue weighted by atomic mass is 35.5. The molecule has 6 nitrogen and oxygen atoms in total. The molecule has 1 fully saturated rings. The second kappa shape index (κ2) is 9.28. The van der Waals surface area contributed by atoms with Crippen LogP contribution in [0.15, 0.2) is 73.3 Å². The molecule has 1 amide bonds. The minimum atomic E-state index is -1.54. The number of hydrogen-bond acceptors (Lipinski definition) is 4. The lowest BCUT2D eigenvalue weighted by Crippen LogP contribution is -2.39. The minimum Gasteiger partial charge on any atom is -0.374 e. The molecule has 6 rings (SSSR count). The number of imidazole rings is 1. The summed E-state index contributed by atoms with van der Waals surface area (Å²) in [7, 11) is 1.85. The molecule has 1 saturated carbocycles. The number of pyridine rings is 1. The van der Waals surface area contributed by atoms with Gasteiger partial charge in [0.05, 0.1) is 18.2 Å². The van der Waals surface area contributed by atoms with E-state index in [0.29, 0.717) is 39.3 Å². The average molecular weight is 533 g/mol. The van der Waals surface area contributed by atoms with Crippen LogP contribution in [0.1, 0.15) is 53.1 Å². The van der Waals surface area contributed by atoms with Crippen LogP contribution in [0.4, 0.5) is 5.69 Å². The zero-order valence-corrected chi connectivity index (χ0v) is 21.8. The van der Waals surface area contributed by atoms with Crippen LogP contribution in [0.3, 0.4) is 0 Å². The number of anilines is 1. The van der Waals surface area contributed by atoms with Gasteiger partial charge in [-0.3, -0.25) is 4.79 Å². The molecule has 2 atom stereocenters. The zero-order chi connectivity index (χ0) is 25.7. The van der Waals surface area contributed by atoms with Gasteiger partial charge >= 0.3 is 0 Å². The van der Waals surface area contributed by atoms with Crippen LogP contribution in [0.2, 0.25) is 10.2 Å². The summed E-state index contributed by atoms with van der Waals surface area (Å²) in [6.07, 6.45) is 7.55. The van der Waals surface area contributed by atoms with E-state index < -0.39 is 5.60 Å². The summed E-state index contributed by atoms with van der Waals surface area (Å²) in [4.78, 5) is 23.8. The second-order valence-electron chi connectivity index (χ2n) is 10.0. The van der Waals surface area contributed by atoms with Gasteiger partial charge in [-0.15, -0.1) is 0 Å². The normalized spacial score (nSPS) is 19.0. The van der Waals surface area contributed by atoms with Gasteiger partial charge in [0.2, 0.25) is 5.91 Å². The van der Waals surface area contributed by atoms with Crippen LogP contribution in [0.25, 0.3) is 0 Å². The maximum absolute atomic E-state index is 13.4. The summed E-state index contributed by atoms with van der Waals surface area (Å²) in [5.41, 5.74) is 3.13. The maximum Gasteiger partial charge on any atom is 0.227 e. The summed E-state index contributed by atoms with van der Waals surface area (Å²) in [6.45, 7) is 0.723. The smallest absolute Gasteiger partial charge is 0.227 e. The first-order chi connectivity index (χ1) is 17.8. The van der Waals surface area contributed by atoms with Gasteiger partial charge in [0.25, 0.3) is 0 Å². The van der Waals surface area contributed by atoms with Gasteiger partial charge in [0, 0.05) is 48.4 Å². The van der Waals surface area contributed by atoms with E-state index in [4.69, 9.17) is 23.2 Å². The Hall–Kier alpha value is -3.19. The molecule has 0 saturated heterocycles. The number of fused-ring (bicyclic) bond motifs is 1. The number of aromatic nitrogens is 3. The van der Waals surface area contributed by atoms with Crippen molar-refractivity contribution in [3.05, 3.63) is 111 Å². The highest BCUT2D eigenvalue weighted by molar-refractivity contribution is 6.30. The molecule has 3 heterocycles. The summed E-state index contributed by atoms with van der Waals surface area (Å²) in [6, 6.07) is 17.0. The SMILES string of the molecule is Cn1cncc1C(O)(c1ccc(Cl)nc1)c1ccc2c(c1)C(c1cccc(Cl)c1)CC(=O)N2CC1CC1. The van der Waals surface area contributed by atoms with E-state index in [1.807, 2.05) is 54.4 Å². The van der Waals surface area contributed by atoms with Gasteiger partial charge in [-0.2, -0.15) is 0 Å². The van der Waals surface area contributed by atoms with Crippen LogP contribution in [0.5, 0.6) is 0 Å². The molecule has 2 aliphatic rings. The number of rotatable bonds is 6. The van der Waals surface area contributed by atoms with Crippen LogP contribution < -0.4 is 4.90 Å². The van der Waals surface area contributed by atoms with Gasteiger partial charge in [0.15, 0.2) is 5.60 Å². The Morgan fingerprint density at radius 2 is 1.86 bits per heavy atom. The molecular formula is C29H26Cl2N4O2. The van der Waals surface area contributed by atoms with E-state index in [1.165, 1.54) is 0 Å². The molecule has 1 aliphatic heterocycles. The van der Waals surface area contributed by atoms with Crippen molar-refractivity contribution in [3.63, 3.8) is 0 Å². The number of aliphatic hydroxyl groups is 1. The Labute approximate surface area is 225 Å². The van der Waals surface area contributed by atoms with Crippen molar-refractivity contribution >= 4 is 34.8 Å². The molecule has 188 valence electrons. The lowest BCUT2D eigenvalue weighted by molar-refractivity contribution is -0.119. The van der Waals surface area contributed by atoms with E-state index in [9.17, 15) is 9.90 Å². The number of benzene rings is 2. The number of aryl methyl sites for hydroxylation is 1. The van der Waals surface area contributed by atoms with Crippen molar-refractivity contribution in [2.45, 2.75) is 30.8 Å². The standard InChI is InChI=1S/C29H26Cl2N4O2/c1-34-17-32-15-26(34)29(37,21-8-10-27(31)33-14-21)20-7-9-25-24(12-20)23(19-3-2-4-22(30)11-19)13-28(36)35(25)16-18-5-6-18/h2-4,7-12,14-15,17-18,23,37H,5-6,13,16H2,1H3. The van der Waals surface area contributed by atoms with E-state index >= 15 is 0 Å². The van der Waals surface area contributed by atoms with Gasteiger partial charge in [-0.25, -0.2) is 9.97 Å². The molecule has 0 radical (unpaired) electrons. The first kappa shape index (κ1) is 24.2. The molecule has 0 bridgehead atoms. The number of halogens is 2. The first-order valence-corrected chi connectivity index (χ1v) is 13.1. The van der Waals surface area contributed by atoms with Gasteiger partial charge in [-0.1, -0.05) is 47.5 Å². The Bertz CT molecular complexity index is 1480. The number of carbonyl (C=O) groups is 1. The molecule has 1 N–H and O–H groups in total. The lowest BCUT2D eigenvalue weighted by atomic mass is 9.78. The van der Waals surface area contributed by atoms with Crippen molar-refractivity contribution in [1.82, 2.24) is 14.5 Å². The largest absolute Gasteiger partial charge is 0.374 e. The molecule has 37 heavy (non-hydrogen) atoms. The lowest BCUT2D eigenvalue weighted by Gasteiger charge is -2.37. The van der Waals surface area contributed by atoms with E-state index in [0.717, 1.165) is 36.2 Å². The molecule has 2 aromatic heterocycles. The monoisotopic (exact) mass is 532 g/mol. The van der Waals surface area contributed by atoms with Gasteiger partial charge in [-0.05, 0) is 65.8 Å². The molecule has 2 aromatic carbocycles. The predicted octanol–water partition coefficient (Wildman–Crippen LogP) is 5.68. The zero-order valence-electron chi connectivity index (χ0n) is 20.3. The Morgan fingerprint density at radius 3 is 2.54 bits per heavy atom. The second-order valence-corrected chi connectivity index (χ2v) is 10.8. The Balaban J connectivity index is 1.55. The fourth-order valence-corrected chi connectivity index (χ4v) is 5.68. The van der Waals surface area contributed by atoms with Crippen LogP contribution in [0, 0.1) is 5.92 Å². The molecule has 1 aliphatic carbocycles. The fraction of sp³-hybridized carbons (Fsp3) is 0.276. The maximum atomic E-state index is 13.4. The summed E-state index contributed by atoms with van der Waals surface area (Å²) >= 11 is 12.4. The van der Waals surface area contributed by atoms with Crippen LogP contribution in [-0.4, -0.2) is 32.1 Å². The number of carbonyl (C=O) groups excluding carboxylic acids is 1. The number of amides is 1. The van der Waals surface area contributed by atoms with E-state index in [1.54, 1.807) is 35.4 Å². The third kappa shape index (κ3) is 4.33. The van der Waals surface area contributed by atoms with Crippen molar-refractivity contribution in [2.24, 2.45) is 13.0 Å². The Morgan fingerprint density at radius 1 is 1.05 bits per heavy atom. The molecule has 4 aromatic rings. The quantitative estimate of drug-likeness (QED) is 0.324. The molecule has 0 spiro atoms. The highest BCUT2D eigenvalue weighted by Crippen LogP contribution is 2.46. The Kier molecular flexibility index (Phi) is 6.06. The van der Waals surface area contributed by atoms with Crippen LogP contribution >= 0.6 is 23.2 Å². The molecule has 2 unspecified atom stereocenters. The summed E-state index contributed by atoms with van der Waals surface area (Å²) < 4.78 is 1.80. The summed E-state index contributed by atoms with van der Waals surface area (Å²) in [5, 5.41) is 13.4. The van der Waals surface area contributed by atoms with Crippen molar-refractivity contribution in [3.8, 4) is 0 Å². The predicted molar refractivity (Wildman–Crippen MR) is 144 cm³/mol. The summed E-state index contributed by atoms with van der Waals surface area (Å²) in [5.74, 6) is 0.474. The highest BCUT2D eigenvalue weighted by Gasteiger charge is 2.40. The van der Waals surface area contributed by atoms with Crippen molar-refractivity contribution < 1.29 is 9.90 Å². The third-order valence-electron chi connectivity index (χ3n) is 7.51. The van der Waals surface area contributed by atoms with E-state index in [-0.39, 0.29) is 11.8 Å².